The summed E-state index contributed by atoms with van der Waals surface area (Å²) in [5.41, 5.74) is 2.71. The van der Waals surface area contributed by atoms with Crippen LogP contribution in [0.2, 0.25) is 0 Å². The molecule has 0 aromatic carbocycles. The normalized spacial score (nSPS) is 34.5. The van der Waals surface area contributed by atoms with Crippen LogP contribution in [0.5, 0.6) is 0 Å². The Morgan fingerprint density at radius 3 is 2.67 bits per heavy atom. The minimum atomic E-state index is -0.393. The van der Waals surface area contributed by atoms with Crippen LogP contribution in [0.1, 0.15) is 12.8 Å². The number of rotatable bonds is 1. The summed E-state index contributed by atoms with van der Waals surface area (Å²) >= 11 is 0. The van der Waals surface area contributed by atoms with E-state index < -0.39 is 6.10 Å². The topological polar surface area (TPSA) is 26.7 Å². The van der Waals surface area contributed by atoms with Gasteiger partial charge in [0.15, 0.2) is 0 Å². The maximum absolute atomic E-state index is 10.2. The molecule has 96 valence electrons. The van der Waals surface area contributed by atoms with Crippen molar-refractivity contribution in [3.8, 4) is 0 Å². The van der Waals surface area contributed by atoms with E-state index in [0.717, 1.165) is 12.8 Å². The molecule has 2 aliphatic carbocycles. The standard InChI is InChI=1S/C15H20N2O/c1-16-12-8-4-5-9-13(12)17(2)15(16)11-7-3-6-10-14(11)18/h3-4,6-8,10-11,14-15,18H,5,9H2,1-2H3. The van der Waals surface area contributed by atoms with E-state index in [0.29, 0.717) is 0 Å². The Bertz CT molecular complexity index is 461. The van der Waals surface area contributed by atoms with E-state index in [-0.39, 0.29) is 12.1 Å². The molecule has 18 heavy (non-hydrogen) atoms. The van der Waals surface area contributed by atoms with Crippen LogP contribution in [0.3, 0.4) is 0 Å². The van der Waals surface area contributed by atoms with Crippen molar-refractivity contribution < 1.29 is 5.11 Å². The summed E-state index contributed by atoms with van der Waals surface area (Å²) in [6, 6.07) is 0. The highest BCUT2D eigenvalue weighted by molar-refractivity contribution is 5.33. The van der Waals surface area contributed by atoms with Crippen molar-refractivity contribution in [1.82, 2.24) is 9.80 Å². The number of hydrogen-bond acceptors (Lipinski definition) is 3. The fraction of sp³-hybridized carbons (Fsp3) is 0.467. The Hall–Kier alpha value is -1.48. The van der Waals surface area contributed by atoms with Crippen LogP contribution >= 0.6 is 0 Å². The zero-order chi connectivity index (χ0) is 12.7. The molecule has 1 N–H and O–H groups in total. The molecule has 0 saturated heterocycles. The minimum Gasteiger partial charge on any atom is -0.388 e. The van der Waals surface area contributed by atoms with Gasteiger partial charge in [-0.2, -0.15) is 0 Å². The van der Waals surface area contributed by atoms with Gasteiger partial charge in [0.05, 0.1) is 11.8 Å². The molecule has 1 heterocycles. The summed E-state index contributed by atoms with van der Waals surface area (Å²) in [6.45, 7) is 0. The molecule has 0 radical (unpaired) electrons. The van der Waals surface area contributed by atoms with Gasteiger partial charge in [0.25, 0.3) is 0 Å². The molecule has 0 aromatic rings. The van der Waals surface area contributed by atoms with Crippen LogP contribution in [0.25, 0.3) is 0 Å². The van der Waals surface area contributed by atoms with Gasteiger partial charge >= 0.3 is 0 Å². The monoisotopic (exact) mass is 244 g/mol. The molecule has 3 aliphatic rings. The second-order valence-electron chi connectivity index (χ2n) is 5.25. The molecule has 0 bridgehead atoms. The van der Waals surface area contributed by atoms with Crippen LogP contribution in [0, 0.1) is 5.92 Å². The van der Waals surface area contributed by atoms with Gasteiger partial charge in [-0.25, -0.2) is 0 Å². The Kier molecular flexibility index (Phi) is 2.78. The molecule has 0 amide bonds. The van der Waals surface area contributed by atoms with Crippen molar-refractivity contribution in [1.29, 1.82) is 0 Å². The summed E-state index contributed by atoms with van der Waals surface area (Å²) in [6.07, 6.45) is 14.4. The summed E-state index contributed by atoms with van der Waals surface area (Å²) < 4.78 is 0. The largest absolute Gasteiger partial charge is 0.388 e. The number of likely N-dealkylation sites (N-methyl/N-ethyl adjacent to an activating group) is 1. The van der Waals surface area contributed by atoms with Crippen molar-refractivity contribution in [2.45, 2.75) is 25.1 Å². The quantitative estimate of drug-likeness (QED) is 0.762. The molecular weight excluding hydrogens is 224 g/mol. The molecule has 1 aliphatic heterocycles. The third kappa shape index (κ3) is 1.62. The van der Waals surface area contributed by atoms with Crippen molar-refractivity contribution >= 4 is 0 Å². The minimum absolute atomic E-state index is 0.129. The van der Waals surface area contributed by atoms with Gasteiger partial charge in [-0.05, 0) is 18.9 Å². The summed E-state index contributed by atoms with van der Waals surface area (Å²) in [7, 11) is 4.26. The fourth-order valence-corrected chi connectivity index (χ4v) is 3.28. The van der Waals surface area contributed by atoms with E-state index in [2.05, 4.69) is 42.1 Å². The van der Waals surface area contributed by atoms with Gasteiger partial charge in [0.1, 0.15) is 6.17 Å². The summed E-state index contributed by atoms with van der Waals surface area (Å²) in [5.74, 6) is 0.129. The Morgan fingerprint density at radius 1 is 1.17 bits per heavy atom. The molecule has 3 nitrogen and oxygen atoms in total. The van der Waals surface area contributed by atoms with E-state index in [4.69, 9.17) is 0 Å². The highest BCUT2D eigenvalue weighted by Crippen LogP contribution is 2.38. The lowest BCUT2D eigenvalue weighted by atomic mass is 9.93. The summed E-state index contributed by atoms with van der Waals surface area (Å²) in [4.78, 5) is 4.62. The number of nitrogens with zero attached hydrogens (tertiary/aromatic N) is 2. The lowest BCUT2D eigenvalue weighted by molar-refractivity contribution is 0.0652. The highest BCUT2D eigenvalue weighted by Gasteiger charge is 2.39. The molecule has 3 unspecified atom stereocenters. The van der Waals surface area contributed by atoms with Crippen LogP contribution in [0.15, 0.2) is 47.9 Å². The van der Waals surface area contributed by atoms with Crippen molar-refractivity contribution in [2.24, 2.45) is 5.92 Å². The van der Waals surface area contributed by atoms with Crippen LogP contribution in [-0.2, 0) is 0 Å². The van der Waals surface area contributed by atoms with Crippen molar-refractivity contribution in [3.63, 3.8) is 0 Å². The summed E-state index contributed by atoms with van der Waals surface area (Å²) in [5, 5.41) is 10.2. The second kappa shape index (κ2) is 4.32. The predicted molar refractivity (Wildman–Crippen MR) is 72.5 cm³/mol. The molecule has 0 saturated carbocycles. The zero-order valence-corrected chi connectivity index (χ0v) is 11.0. The molecular formula is C15H20N2O. The predicted octanol–water partition coefficient (Wildman–Crippen LogP) is 1.85. The maximum Gasteiger partial charge on any atom is 0.110 e. The first-order chi connectivity index (χ1) is 8.70. The smallest absolute Gasteiger partial charge is 0.110 e. The Morgan fingerprint density at radius 2 is 1.94 bits per heavy atom. The van der Waals surface area contributed by atoms with Crippen LogP contribution < -0.4 is 0 Å². The van der Waals surface area contributed by atoms with Gasteiger partial charge in [-0.1, -0.05) is 30.4 Å². The first-order valence-electron chi connectivity index (χ1n) is 6.58. The molecule has 0 fully saturated rings. The first kappa shape index (κ1) is 11.6. The Balaban J connectivity index is 1.90. The van der Waals surface area contributed by atoms with Crippen molar-refractivity contribution in [2.75, 3.05) is 14.1 Å². The third-order valence-corrected chi connectivity index (χ3v) is 4.21. The van der Waals surface area contributed by atoms with Crippen LogP contribution in [-0.4, -0.2) is 41.3 Å². The second-order valence-corrected chi connectivity index (χ2v) is 5.25. The first-order valence-corrected chi connectivity index (χ1v) is 6.58. The van der Waals surface area contributed by atoms with E-state index in [1.54, 1.807) is 0 Å². The Labute approximate surface area is 108 Å². The lowest BCUT2D eigenvalue weighted by Gasteiger charge is -2.37. The number of hydrogen-bond donors (Lipinski definition) is 1. The number of aliphatic hydroxyl groups excluding tert-OH is 1. The van der Waals surface area contributed by atoms with Gasteiger partial charge in [-0.15, -0.1) is 0 Å². The number of allylic oxidation sites excluding steroid dienone is 5. The van der Waals surface area contributed by atoms with E-state index >= 15 is 0 Å². The molecule has 3 atom stereocenters. The van der Waals surface area contributed by atoms with Gasteiger partial charge < -0.3 is 14.9 Å². The zero-order valence-electron chi connectivity index (χ0n) is 11.0. The third-order valence-electron chi connectivity index (χ3n) is 4.21. The maximum atomic E-state index is 10.2. The molecule has 0 spiro atoms. The SMILES string of the molecule is CN1C2=C(CCC=C2)N(C)C1C1C=CC=CC1O. The fourth-order valence-electron chi connectivity index (χ4n) is 3.28. The van der Waals surface area contributed by atoms with Gasteiger partial charge in [0.2, 0.25) is 0 Å². The number of aliphatic hydroxyl groups is 1. The highest BCUT2D eigenvalue weighted by atomic mass is 16.3. The van der Waals surface area contributed by atoms with Gasteiger partial charge in [0, 0.05) is 25.7 Å². The van der Waals surface area contributed by atoms with E-state index in [1.165, 1.54) is 11.4 Å². The van der Waals surface area contributed by atoms with Crippen molar-refractivity contribution in [3.05, 3.63) is 47.9 Å². The molecule has 3 rings (SSSR count). The van der Waals surface area contributed by atoms with E-state index in [9.17, 15) is 5.11 Å². The average Bonchev–Trinajstić information content (AvgIpc) is 2.64. The van der Waals surface area contributed by atoms with E-state index in [1.807, 2.05) is 18.2 Å². The average molecular weight is 244 g/mol. The molecule has 0 aromatic heterocycles. The van der Waals surface area contributed by atoms with Crippen LogP contribution in [0.4, 0.5) is 0 Å². The van der Waals surface area contributed by atoms with Gasteiger partial charge in [-0.3, -0.25) is 0 Å². The lowest BCUT2D eigenvalue weighted by Crippen LogP contribution is -2.46. The molecule has 3 heteroatoms.